The van der Waals surface area contributed by atoms with Crippen molar-refractivity contribution in [3.05, 3.63) is 52.5 Å². The number of sulfonamides is 1. The summed E-state index contributed by atoms with van der Waals surface area (Å²) in [5.74, 6) is 0. The van der Waals surface area contributed by atoms with Crippen LogP contribution in [0.2, 0.25) is 5.02 Å². The Hall–Kier alpha value is -1.45. The average Bonchev–Trinajstić information content (AvgIpc) is 2.64. The Labute approximate surface area is 164 Å². The first-order valence-corrected chi connectivity index (χ1v) is 11.6. The van der Waals surface area contributed by atoms with Crippen molar-refractivity contribution >= 4 is 31.5 Å². The number of aryl methyl sites for hydroxylation is 1. The number of hydrogen-bond acceptors (Lipinski definition) is 5. The Morgan fingerprint density at radius 3 is 2.07 bits per heavy atom. The molecule has 2 aromatic carbocycles. The van der Waals surface area contributed by atoms with Gasteiger partial charge in [0.25, 0.3) is 0 Å². The van der Waals surface area contributed by atoms with Crippen molar-refractivity contribution < 1.29 is 21.6 Å². The van der Waals surface area contributed by atoms with Gasteiger partial charge < -0.3 is 4.74 Å². The lowest BCUT2D eigenvalue weighted by atomic mass is 10.2. The molecule has 0 aromatic heterocycles. The first-order valence-electron chi connectivity index (χ1n) is 8.34. The second kappa shape index (κ2) is 7.52. The fourth-order valence-corrected chi connectivity index (χ4v) is 6.54. The summed E-state index contributed by atoms with van der Waals surface area (Å²) in [5.41, 5.74) is 0.766. The molecule has 1 heterocycles. The summed E-state index contributed by atoms with van der Waals surface area (Å²) in [6.07, 6.45) is 0. The van der Waals surface area contributed by atoms with E-state index in [0.29, 0.717) is 23.8 Å². The summed E-state index contributed by atoms with van der Waals surface area (Å²) in [6.45, 7) is 4.33. The van der Waals surface area contributed by atoms with Crippen LogP contribution < -0.4 is 0 Å². The van der Waals surface area contributed by atoms with E-state index in [4.69, 9.17) is 16.3 Å². The lowest BCUT2D eigenvalue weighted by Gasteiger charge is -2.27. The summed E-state index contributed by atoms with van der Waals surface area (Å²) in [6, 6.07) is 8.82. The first kappa shape index (κ1) is 20.3. The quantitative estimate of drug-likeness (QED) is 0.746. The minimum Gasteiger partial charge on any atom is -0.379 e. The van der Waals surface area contributed by atoms with Crippen LogP contribution in [0.25, 0.3) is 0 Å². The number of morpholine rings is 1. The predicted molar refractivity (Wildman–Crippen MR) is 102 cm³/mol. The molecule has 0 radical (unpaired) electrons. The molecule has 27 heavy (non-hydrogen) atoms. The normalized spacial score (nSPS) is 16.4. The van der Waals surface area contributed by atoms with Gasteiger partial charge in [0.2, 0.25) is 19.9 Å². The summed E-state index contributed by atoms with van der Waals surface area (Å²) in [7, 11) is -7.71. The molecule has 3 rings (SSSR count). The first-order chi connectivity index (χ1) is 12.6. The Kier molecular flexibility index (Phi) is 5.65. The van der Waals surface area contributed by atoms with Gasteiger partial charge in [-0.05, 0) is 61.4 Å². The van der Waals surface area contributed by atoms with Crippen LogP contribution >= 0.6 is 11.6 Å². The molecule has 0 spiro atoms. The Balaban J connectivity index is 2.15. The molecule has 0 unspecified atom stereocenters. The molecule has 1 aliphatic heterocycles. The van der Waals surface area contributed by atoms with E-state index in [0.717, 1.165) is 0 Å². The third-order valence-corrected chi connectivity index (χ3v) is 8.63. The minimum atomic E-state index is -3.89. The van der Waals surface area contributed by atoms with Gasteiger partial charge in [-0.1, -0.05) is 11.6 Å². The van der Waals surface area contributed by atoms with Gasteiger partial charge in [-0.3, -0.25) is 0 Å². The Morgan fingerprint density at radius 1 is 0.926 bits per heavy atom. The van der Waals surface area contributed by atoms with Crippen molar-refractivity contribution in [3.63, 3.8) is 0 Å². The average molecular weight is 430 g/mol. The number of ether oxygens (including phenoxy) is 1. The van der Waals surface area contributed by atoms with E-state index in [1.807, 2.05) is 0 Å². The molecule has 0 amide bonds. The molecular weight excluding hydrogens is 410 g/mol. The maximum atomic E-state index is 13.1. The highest BCUT2D eigenvalue weighted by Gasteiger charge is 2.31. The van der Waals surface area contributed by atoms with E-state index in [1.165, 1.54) is 47.6 Å². The van der Waals surface area contributed by atoms with E-state index < -0.39 is 19.9 Å². The smallest absolute Gasteiger partial charge is 0.243 e. The lowest BCUT2D eigenvalue weighted by molar-refractivity contribution is 0.0730. The molecule has 0 aliphatic carbocycles. The molecule has 0 bridgehead atoms. The predicted octanol–water partition coefficient (Wildman–Crippen LogP) is 2.81. The van der Waals surface area contributed by atoms with E-state index in [-0.39, 0.29) is 33.3 Å². The Bertz CT molecular complexity index is 1060. The lowest BCUT2D eigenvalue weighted by Crippen LogP contribution is -2.41. The van der Waals surface area contributed by atoms with E-state index in [2.05, 4.69) is 0 Å². The zero-order valence-electron chi connectivity index (χ0n) is 15.0. The number of benzene rings is 2. The third-order valence-electron chi connectivity index (χ3n) is 4.46. The van der Waals surface area contributed by atoms with Crippen molar-refractivity contribution in [1.82, 2.24) is 4.31 Å². The summed E-state index contributed by atoms with van der Waals surface area (Å²) in [4.78, 5) is 0.0592. The Morgan fingerprint density at radius 2 is 1.48 bits per heavy atom. The van der Waals surface area contributed by atoms with Gasteiger partial charge in [0, 0.05) is 18.1 Å². The van der Waals surface area contributed by atoms with Crippen LogP contribution in [0.1, 0.15) is 11.1 Å². The molecule has 1 saturated heterocycles. The largest absolute Gasteiger partial charge is 0.379 e. The fraction of sp³-hybridized carbons (Fsp3) is 0.333. The van der Waals surface area contributed by atoms with Crippen LogP contribution in [0, 0.1) is 13.8 Å². The van der Waals surface area contributed by atoms with Crippen LogP contribution in [-0.4, -0.2) is 47.4 Å². The van der Waals surface area contributed by atoms with Crippen LogP contribution in [0.4, 0.5) is 0 Å². The van der Waals surface area contributed by atoms with Gasteiger partial charge >= 0.3 is 0 Å². The molecule has 0 N–H and O–H groups in total. The van der Waals surface area contributed by atoms with Gasteiger partial charge in [0.05, 0.1) is 27.9 Å². The molecule has 2 aromatic rings. The zero-order chi connectivity index (χ0) is 19.8. The molecule has 9 heteroatoms. The van der Waals surface area contributed by atoms with E-state index in [9.17, 15) is 16.8 Å². The molecule has 1 fully saturated rings. The van der Waals surface area contributed by atoms with Crippen molar-refractivity contribution in [2.45, 2.75) is 28.5 Å². The zero-order valence-corrected chi connectivity index (χ0v) is 17.4. The highest BCUT2D eigenvalue weighted by molar-refractivity contribution is 7.91. The molecule has 0 atom stereocenters. The molecular formula is C18H20ClNO5S2. The van der Waals surface area contributed by atoms with Gasteiger partial charge in [0.15, 0.2) is 0 Å². The molecule has 1 aliphatic rings. The van der Waals surface area contributed by atoms with Crippen LogP contribution in [0.3, 0.4) is 0 Å². The second-order valence-corrected chi connectivity index (χ2v) is 10.6. The topological polar surface area (TPSA) is 80.8 Å². The number of hydrogen-bond donors (Lipinski definition) is 0. The van der Waals surface area contributed by atoms with Crippen LogP contribution in [0.5, 0.6) is 0 Å². The summed E-state index contributed by atoms with van der Waals surface area (Å²) < 4.78 is 58.9. The SMILES string of the molecule is Cc1cc(S(=O)(=O)c2ccc(Cl)cc2)c(C)c(S(=O)(=O)N2CCOCC2)c1. The summed E-state index contributed by atoms with van der Waals surface area (Å²) >= 11 is 5.85. The third kappa shape index (κ3) is 3.90. The minimum absolute atomic E-state index is 0.0111. The number of rotatable bonds is 4. The van der Waals surface area contributed by atoms with Crippen LogP contribution in [-0.2, 0) is 24.6 Å². The van der Waals surface area contributed by atoms with Crippen molar-refractivity contribution in [1.29, 1.82) is 0 Å². The fourth-order valence-electron chi connectivity index (χ4n) is 3.01. The number of nitrogens with zero attached hydrogens (tertiary/aromatic N) is 1. The van der Waals surface area contributed by atoms with Crippen LogP contribution in [0.15, 0.2) is 51.1 Å². The second-order valence-electron chi connectivity index (χ2n) is 6.36. The molecule has 146 valence electrons. The maximum absolute atomic E-state index is 13.1. The van der Waals surface area contributed by atoms with Gasteiger partial charge in [-0.25, -0.2) is 16.8 Å². The number of sulfone groups is 1. The van der Waals surface area contributed by atoms with Crippen molar-refractivity contribution in [2.24, 2.45) is 0 Å². The molecule has 0 saturated carbocycles. The van der Waals surface area contributed by atoms with Gasteiger partial charge in [-0.15, -0.1) is 0 Å². The standard InChI is InChI=1S/C18H20ClNO5S2/c1-13-11-17(26(21,22)16-5-3-15(19)4-6-16)14(2)18(12-13)27(23,24)20-7-9-25-10-8-20/h3-6,11-12H,7-10H2,1-2H3. The highest BCUT2D eigenvalue weighted by atomic mass is 35.5. The number of halogens is 1. The monoisotopic (exact) mass is 429 g/mol. The highest BCUT2D eigenvalue weighted by Crippen LogP contribution is 2.31. The van der Waals surface area contributed by atoms with E-state index in [1.54, 1.807) is 6.92 Å². The van der Waals surface area contributed by atoms with Gasteiger partial charge in [0.1, 0.15) is 0 Å². The van der Waals surface area contributed by atoms with E-state index >= 15 is 0 Å². The summed E-state index contributed by atoms with van der Waals surface area (Å²) in [5, 5.41) is 0.422. The van der Waals surface area contributed by atoms with Crippen molar-refractivity contribution in [2.75, 3.05) is 26.3 Å². The maximum Gasteiger partial charge on any atom is 0.243 e. The molecule has 6 nitrogen and oxygen atoms in total. The van der Waals surface area contributed by atoms with Crippen molar-refractivity contribution in [3.8, 4) is 0 Å². The van der Waals surface area contributed by atoms with Gasteiger partial charge in [-0.2, -0.15) is 4.31 Å².